The highest BCUT2D eigenvalue weighted by atomic mass is 19.1. The molecule has 0 saturated heterocycles. The van der Waals surface area contributed by atoms with Crippen LogP contribution in [-0.4, -0.2) is 18.1 Å². The molecule has 19 heavy (non-hydrogen) atoms. The van der Waals surface area contributed by atoms with Crippen molar-refractivity contribution in [2.75, 3.05) is 11.9 Å². The van der Waals surface area contributed by atoms with Crippen molar-refractivity contribution in [1.82, 2.24) is 0 Å². The molecule has 0 aliphatic heterocycles. The van der Waals surface area contributed by atoms with E-state index in [2.05, 4.69) is 0 Å². The number of hydrogen-bond acceptors (Lipinski definition) is 2. The van der Waals surface area contributed by atoms with Crippen LogP contribution in [0.3, 0.4) is 0 Å². The maximum Gasteiger partial charge on any atom is 0.258 e. The van der Waals surface area contributed by atoms with Crippen molar-refractivity contribution >= 4 is 11.6 Å². The lowest BCUT2D eigenvalue weighted by atomic mass is 10.1. The van der Waals surface area contributed by atoms with Crippen LogP contribution in [-0.2, 0) is 0 Å². The Hall–Kier alpha value is -2.36. The van der Waals surface area contributed by atoms with Crippen LogP contribution in [0.25, 0.3) is 0 Å². The summed E-state index contributed by atoms with van der Waals surface area (Å²) in [6.45, 7) is 1.75. The van der Waals surface area contributed by atoms with Gasteiger partial charge in [0.15, 0.2) is 0 Å². The quantitative estimate of drug-likeness (QED) is 0.900. The fourth-order valence-corrected chi connectivity index (χ4v) is 1.82. The summed E-state index contributed by atoms with van der Waals surface area (Å²) in [7, 11) is 1.58. The van der Waals surface area contributed by atoms with Crippen LogP contribution in [0.1, 0.15) is 15.9 Å². The highest BCUT2D eigenvalue weighted by Crippen LogP contribution is 2.21. The lowest BCUT2D eigenvalue weighted by Crippen LogP contribution is -2.26. The Balaban J connectivity index is 2.36. The molecule has 2 aromatic rings. The molecule has 0 spiro atoms. The first-order valence-electron chi connectivity index (χ1n) is 5.82. The van der Waals surface area contributed by atoms with Crippen LogP contribution in [0.2, 0.25) is 0 Å². The van der Waals surface area contributed by atoms with Crippen LogP contribution < -0.4 is 4.90 Å². The third-order valence-electron chi connectivity index (χ3n) is 2.95. The van der Waals surface area contributed by atoms with Crippen LogP contribution in [0.5, 0.6) is 5.75 Å². The van der Waals surface area contributed by atoms with Gasteiger partial charge in [-0.25, -0.2) is 4.39 Å². The van der Waals surface area contributed by atoms with Crippen LogP contribution in [0.4, 0.5) is 10.1 Å². The highest BCUT2D eigenvalue weighted by Gasteiger charge is 2.16. The zero-order chi connectivity index (χ0) is 14.0. The molecule has 0 aliphatic rings. The summed E-state index contributed by atoms with van der Waals surface area (Å²) >= 11 is 0. The first-order valence-corrected chi connectivity index (χ1v) is 5.82. The number of aromatic hydroxyl groups is 1. The lowest BCUT2D eigenvalue weighted by molar-refractivity contribution is 0.0992. The minimum atomic E-state index is -0.446. The first kappa shape index (κ1) is 13.1. The number of anilines is 1. The van der Waals surface area contributed by atoms with Crippen molar-refractivity contribution in [1.29, 1.82) is 0 Å². The summed E-state index contributed by atoms with van der Waals surface area (Å²) in [6.07, 6.45) is 0. The Kier molecular flexibility index (Phi) is 3.51. The number of rotatable bonds is 2. The predicted octanol–water partition coefficient (Wildman–Crippen LogP) is 3.12. The van der Waals surface area contributed by atoms with Gasteiger partial charge in [0.05, 0.1) is 0 Å². The summed E-state index contributed by atoms with van der Waals surface area (Å²) in [5.74, 6) is -0.686. The van der Waals surface area contributed by atoms with E-state index >= 15 is 0 Å². The maximum absolute atomic E-state index is 13.2. The Morgan fingerprint density at radius 2 is 1.95 bits per heavy atom. The van der Waals surface area contributed by atoms with Crippen molar-refractivity contribution in [3.05, 3.63) is 59.4 Å². The smallest absolute Gasteiger partial charge is 0.258 e. The van der Waals surface area contributed by atoms with E-state index in [9.17, 15) is 14.3 Å². The standard InChI is InChI=1S/C15H14FNO2/c1-10-6-7-11(16)8-14(10)15(19)17(2)12-4-3-5-13(18)9-12/h3-9,18H,1-2H3. The fraction of sp³-hybridized carbons (Fsp3) is 0.133. The Morgan fingerprint density at radius 1 is 1.21 bits per heavy atom. The maximum atomic E-state index is 13.2. The van der Waals surface area contributed by atoms with Gasteiger partial charge in [0.25, 0.3) is 5.91 Å². The molecule has 0 aliphatic carbocycles. The number of nitrogens with zero attached hydrogens (tertiary/aromatic N) is 1. The van der Waals surface area contributed by atoms with Crippen molar-refractivity contribution in [3.8, 4) is 5.75 Å². The van der Waals surface area contributed by atoms with E-state index in [4.69, 9.17) is 0 Å². The van der Waals surface area contributed by atoms with Crippen molar-refractivity contribution in [2.24, 2.45) is 0 Å². The topological polar surface area (TPSA) is 40.5 Å². The second-order valence-corrected chi connectivity index (χ2v) is 4.34. The highest BCUT2D eigenvalue weighted by molar-refractivity contribution is 6.06. The van der Waals surface area contributed by atoms with Crippen molar-refractivity contribution < 1.29 is 14.3 Å². The Morgan fingerprint density at radius 3 is 2.63 bits per heavy atom. The van der Waals surface area contributed by atoms with E-state index in [0.29, 0.717) is 16.8 Å². The molecule has 0 unspecified atom stereocenters. The van der Waals surface area contributed by atoms with E-state index in [-0.39, 0.29) is 11.7 Å². The van der Waals surface area contributed by atoms with Gasteiger partial charge in [-0.1, -0.05) is 12.1 Å². The summed E-state index contributed by atoms with van der Waals surface area (Å²) < 4.78 is 13.2. The van der Waals surface area contributed by atoms with Gasteiger partial charge in [-0.05, 0) is 36.8 Å². The van der Waals surface area contributed by atoms with Gasteiger partial charge in [-0.3, -0.25) is 4.79 Å². The summed E-state index contributed by atoms with van der Waals surface area (Å²) in [6, 6.07) is 10.5. The average molecular weight is 259 g/mol. The number of phenolic OH excluding ortho intramolecular Hbond substituents is 1. The zero-order valence-electron chi connectivity index (χ0n) is 10.7. The molecule has 0 atom stereocenters. The van der Waals surface area contributed by atoms with E-state index in [1.165, 1.54) is 29.2 Å². The van der Waals surface area contributed by atoms with E-state index < -0.39 is 5.82 Å². The van der Waals surface area contributed by atoms with Gasteiger partial charge in [0.2, 0.25) is 0 Å². The van der Waals surface area contributed by atoms with Gasteiger partial charge < -0.3 is 10.0 Å². The van der Waals surface area contributed by atoms with Crippen LogP contribution in [0, 0.1) is 12.7 Å². The molecule has 0 aromatic heterocycles. The minimum absolute atomic E-state index is 0.0770. The van der Waals surface area contributed by atoms with Crippen LogP contribution in [0.15, 0.2) is 42.5 Å². The molecule has 1 amide bonds. The molecule has 1 N–H and O–H groups in total. The number of carbonyl (C=O) groups excluding carboxylic acids is 1. The van der Waals surface area contributed by atoms with Crippen molar-refractivity contribution in [3.63, 3.8) is 0 Å². The predicted molar refractivity (Wildman–Crippen MR) is 72.0 cm³/mol. The number of benzene rings is 2. The number of phenols is 1. The number of halogens is 1. The number of carbonyl (C=O) groups is 1. The molecule has 0 heterocycles. The molecule has 0 fully saturated rings. The molecular formula is C15H14FNO2. The summed E-state index contributed by atoms with van der Waals surface area (Å²) in [4.78, 5) is 13.7. The summed E-state index contributed by atoms with van der Waals surface area (Å²) in [5, 5.41) is 9.42. The largest absolute Gasteiger partial charge is 0.508 e. The molecular weight excluding hydrogens is 245 g/mol. The first-order chi connectivity index (χ1) is 8.99. The lowest BCUT2D eigenvalue weighted by Gasteiger charge is -2.18. The van der Waals surface area contributed by atoms with Gasteiger partial charge in [-0.2, -0.15) is 0 Å². The van der Waals surface area contributed by atoms with Gasteiger partial charge in [-0.15, -0.1) is 0 Å². The second-order valence-electron chi connectivity index (χ2n) is 4.34. The molecule has 3 nitrogen and oxygen atoms in total. The third kappa shape index (κ3) is 2.73. The van der Waals surface area contributed by atoms with Gasteiger partial charge >= 0.3 is 0 Å². The molecule has 2 rings (SSSR count). The molecule has 98 valence electrons. The SMILES string of the molecule is Cc1ccc(F)cc1C(=O)N(C)c1cccc(O)c1. The molecule has 0 radical (unpaired) electrons. The molecule has 2 aromatic carbocycles. The molecule has 4 heteroatoms. The van der Waals surface area contributed by atoms with Crippen molar-refractivity contribution in [2.45, 2.75) is 6.92 Å². The molecule has 0 bridgehead atoms. The molecule has 0 saturated carbocycles. The van der Waals surface area contributed by atoms with E-state index in [1.54, 1.807) is 32.2 Å². The number of hydrogen-bond donors (Lipinski definition) is 1. The van der Waals surface area contributed by atoms with Gasteiger partial charge in [0, 0.05) is 24.4 Å². The third-order valence-corrected chi connectivity index (χ3v) is 2.95. The summed E-state index contributed by atoms with van der Waals surface area (Å²) in [5.41, 5.74) is 1.57. The Labute approximate surface area is 110 Å². The Bertz CT molecular complexity index is 625. The zero-order valence-corrected chi connectivity index (χ0v) is 10.7. The number of aryl methyl sites for hydroxylation is 1. The monoisotopic (exact) mass is 259 g/mol. The minimum Gasteiger partial charge on any atom is -0.508 e. The van der Waals surface area contributed by atoms with Crippen LogP contribution >= 0.6 is 0 Å². The normalized spacial score (nSPS) is 10.3. The fourth-order valence-electron chi connectivity index (χ4n) is 1.82. The van der Waals surface area contributed by atoms with E-state index in [0.717, 1.165) is 0 Å². The second kappa shape index (κ2) is 5.10. The van der Waals surface area contributed by atoms with E-state index in [1.807, 2.05) is 0 Å². The van der Waals surface area contributed by atoms with Gasteiger partial charge in [0.1, 0.15) is 11.6 Å². The average Bonchev–Trinajstić information content (AvgIpc) is 2.40. The number of amides is 1.